The fourth-order valence-corrected chi connectivity index (χ4v) is 2.27. The molecule has 0 aromatic carbocycles. The van der Waals surface area contributed by atoms with E-state index in [1.165, 1.54) is 0 Å². The Labute approximate surface area is 127 Å². The van der Waals surface area contributed by atoms with Crippen molar-refractivity contribution in [2.75, 3.05) is 18.4 Å². The molecule has 1 saturated carbocycles. The summed E-state index contributed by atoms with van der Waals surface area (Å²) in [5, 5.41) is 3.28. The zero-order valence-corrected chi connectivity index (χ0v) is 13.4. The summed E-state index contributed by atoms with van der Waals surface area (Å²) in [5.74, 6) is 0.702. The number of carbonyl (C=O) groups excluding carboxylic acids is 1. The van der Waals surface area contributed by atoms with Gasteiger partial charge in [0.05, 0.1) is 11.9 Å². The van der Waals surface area contributed by atoms with Gasteiger partial charge in [-0.25, -0.2) is 4.98 Å². The summed E-state index contributed by atoms with van der Waals surface area (Å²) in [4.78, 5) is 19.0. The van der Waals surface area contributed by atoms with Gasteiger partial charge in [0.1, 0.15) is 5.69 Å². The van der Waals surface area contributed by atoms with Crippen molar-refractivity contribution in [3.63, 3.8) is 0 Å². The predicted molar refractivity (Wildman–Crippen MR) is 86.5 cm³/mol. The summed E-state index contributed by atoms with van der Waals surface area (Å²) in [6.07, 6.45) is 6.17. The lowest BCUT2D eigenvalue weighted by molar-refractivity contribution is 0.0729. The van der Waals surface area contributed by atoms with Crippen LogP contribution in [0.5, 0.6) is 0 Å². The van der Waals surface area contributed by atoms with Crippen LogP contribution in [0, 0.1) is 5.92 Å². The topological polar surface area (TPSA) is 45.2 Å². The number of hydrogen-bond acceptors (Lipinski definition) is 3. The van der Waals surface area contributed by atoms with E-state index in [9.17, 15) is 4.79 Å². The number of nitrogens with one attached hydrogen (secondary N) is 1. The molecule has 116 valence electrons. The quantitative estimate of drug-likeness (QED) is 0.796. The predicted octanol–water partition coefficient (Wildman–Crippen LogP) is 3.55. The molecule has 0 unspecified atom stereocenters. The molecule has 0 spiro atoms. The first-order valence-electron chi connectivity index (χ1n) is 8.12. The van der Waals surface area contributed by atoms with Crippen molar-refractivity contribution in [1.29, 1.82) is 0 Å². The average molecular weight is 289 g/mol. The fraction of sp³-hybridized carbons (Fsp3) is 0.647. The van der Waals surface area contributed by atoms with Crippen LogP contribution in [0.2, 0.25) is 0 Å². The minimum atomic E-state index is 0.0835. The van der Waals surface area contributed by atoms with E-state index in [-0.39, 0.29) is 5.91 Å². The van der Waals surface area contributed by atoms with E-state index in [2.05, 4.69) is 31.1 Å². The van der Waals surface area contributed by atoms with Gasteiger partial charge in [0.25, 0.3) is 5.91 Å². The molecule has 4 nitrogen and oxygen atoms in total. The summed E-state index contributed by atoms with van der Waals surface area (Å²) in [5.41, 5.74) is 1.54. The average Bonchev–Trinajstić information content (AvgIpc) is 3.30. The van der Waals surface area contributed by atoms with Gasteiger partial charge in [-0.1, -0.05) is 20.8 Å². The molecule has 1 amide bonds. The molecule has 1 fully saturated rings. The second kappa shape index (κ2) is 7.43. The number of nitrogens with zero attached hydrogens (tertiary/aromatic N) is 2. The van der Waals surface area contributed by atoms with Crippen molar-refractivity contribution in [2.24, 2.45) is 5.92 Å². The smallest absolute Gasteiger partial charge is 0.272 e. The third kappa shape index (κ3) is 4.73. The molecule has 1 aliphatic rings. The highest BCUT2D eigenvalue weighted by Crippen LogP contribution is 2.28. The minimum Gasteiger partial charge on any atom is -0.384 e. The highest BCUT2D eigenvalue weighted by Gasteiger charge is 2.33. The van der Waals surface area contributed by atoms with Gasteiger partial charge in [-0.3, -0.25) is 4.79 Å². The number of amides is 1. The van der Waals surface area contributed by atoms with Gasteiger partial charge >= 0.3 is 0 Å². The normalized spacial score (nSPS) is 14.3. The Hall–Kier alpha value is -1.58. The van der Waals surface area contributed by atoms with Gasteiger partial charge < -0.3 is 10.2 Å². The summed E-state index contributed by atoms with van der Waals surface area (Å²) >= 11 is 0. The second-order valence-electron chi connectivity index (χ2n) is 6.27. The van der Waals surface area contributed by atoms with Crippen LogP contribution >= 0.6 is 0 Å². The van der Waals surface area contributed by atoms with Gasteiger partial charge in [-0.2, -0.15) is 0 Å². The lowest BCUT2D eigenvalue weighted by atomic mass is 10.1. The number of carbonyl (C=O) groups is 1. The standard InChI is InChI=1S/C17H27N3O/c1-4-10-18-14-5-8-16(19-12-14)17(21)20(15-6-7-15)11-9-13(2)3/h5,8,12-13,15,18H,4,6-7,9-11H2,1-3H3. The summed E-state index contributed by atoms with van der Waals surface area (Å²) < 4.78 is 0. The molecule has 21 heavy (non-hydrogen) atoms. The van der Waals surface area contributed by atoms with E-state index >= 15 is 0 Å². The van der Waals surface area contributed by atoms with Crippen LogP contribution in [-0.4, -0.2) is 34.9 Å². The van der Waals surface area contributed by atoms with Crippen molar-refractivity contribution in [3.8, 4) is 0 Å². The summed E-state index contributed by atoms with van der Waals surface area (Å²) in [6, 6.07) is 4.23. The molecule has 0 bridgehead atoms. The molecule has 0 radical (unpaired) electrons. The Morgan fingerprint density at radius 1 is 1.43 bits per heavy atom. The largest absolute Gasteiger partial charge is 0.384 e. The Balaban J connectivity index is 1.99. The van der Waals surface area contributed by atoms with Gasteiger partial charge in [-0.15, -0.1) is 0 Å². The Morgan fingerprint density at radius 3 is 2.71 bits per heavy atom. The zero-order chi connectivity index (χ0) is 15.2. The number of aromatic nitrogens is 1. The van der Waals surface area contributed by atoms with Gasteiger partial charge in [-0.05, 0) is 43.7 Å². The molecule has 1 aliphatic carbocycles. The monoisotopic (exact) mass is 289 g/mol. The highest BCUT2D eigenvalue weighted by molar-refractivity contribution is 5.93. The van der Waals surface area contributed by atoms with E-state index in [1.807, 2.05) is 17.0 Å². The first-order chi connectivity index (χ1) is 10.1. The molecule has 1 aromatic rings. The van der Waals surface area contributed by atoms with Crippen LogP contribution in [-0.2, 0) is 0 Å². The van der Waals surface area contributed by atoms with Crippen LogP contribution in [0.3, 0.4) is 0 Å². The molecule has 0 saturated heterocycles. The zero-order valence-electron chi connectivity index (χ0n) is 13.4. The lowest BCUT2D eigenvalue weighted by Crippen LogP contribution is -2.35. The highest BCUT2D eigenvalue weighted by atomic mass is 16.2. The summed E-state index contributed by atoms with van der Waals surface area (Å²) in [6.45, 7) is 8.29. The third-order valence-electron chi connectivity index (χ3n) is 3.76. The molecule has 0 aliphatic heterocycles. The molecule has 1 aromatic heterocycles. The third-order valence-corrected chi connectivity index (χ3v) is 3.76. The van der Waals surface area contributed by atoms with Crippen molar-refractivity contribution in [1.82, 2.24) is 9.88 Å². The van der Waals surface area contributed by atoms with E-state index in [0.29, 0.717) is 17.7 Å². The van der Waals surface area contributed by atoms with Crippen molar-refractivity contribution in [3.05, 3.63) is 24.0 Å². The van der Waals surface area contributed by atoms with E-state index in [0.717, 1.165) is 44.5 Å². The number of rotatable bonds is 8. The maximum Gasteiger partial charge on any atom is 0.272 e. The molecule has 0 atom stereocenters. The molecule has 4 heteroatoms. The van der Waals surface area contributed by atoms with Crippen molar-refractivity contribution in [2.45, 2.75) is 52.5 Å². The molecule has 1 N–H and O–H groups in total. The lowest BCUT2D eigenvalue weighted by Gasteiger charge is -2.23. The van der Waals surface area contributed by atoms with Crippen LogP contribution in [0.25, 0.3) is 0 Å². The summed E-state index contributed by atoms with van der Waals surface area (Å²) in [7, 11) is 0. The maximum absolute atomic E-state index is 12.6. The van der Waals surface area contributed by atoms with Crippen molar-refractivity contribution >= 4 is 11.6 Å². The Bertz CT molecular complexity index is 452. The second-order valence-corrected chi connectivity index (χ2v) is 6.27. The van der Waals surface area contributed by atoms with Crippen LogP contribution in [0.15, 0.2) is 18.3 Å². The minimum absolute atomic E-state index is 0.0835. The van der Waals surface area contributed by atoms with Crippen LogP contribution in [0.1, 0.15) is 56.9 Å². The molecular formula is C17H27N3O. The number of pyridine rings is 1. The molecular weight excluding hydrogens is 262 g/mol. The van der Waals surface area contributed by atoms with Crippen molar-refractivity contribution < 1.29 is 4.79 Å². The van der Waals surface area contributed by atoms with E-state index in [4.69, 9.17) is 0 Å². The maximum atomic E-state index is 12.6. The van der Waals surface area contributed by atoms with Gasteiger partial charge in [0, 0.05) is 19.1 Å². The van der Waals surface area contributed by atoms with E-state index in [1.54, 1.807) is 6.20 Å². The Kier molecular flexibility index (Phi) is 5.59. The number of hydrogen-bond donors (Lipinski definition) is 1. The fourth-order valence-electron chi connectivity index (χ4n) is 2.27. The van der Waals surface area contributed by atoms with Crippen LogP contribution in [0.4, 0.5) is 5.69 Å². The SMILES string of the molecule is CCCNc1ccc(C(=O)N(CCC(C)C)C2CC2)nc1. The number of anilines is 1. The van der Waals surface area contributed by atoms with Gasteiger partial charge in [0.15, 0.2) is 0 Å². The molecule has 2 rings (SSSR count). The molecule has 1 heterocycles. The first-order valence-corrected chi connectivity index (χ1v) is 8.12. The van der Waals surface area contributed by atoms with Crippen LogP contribution < -0.4 is 5.32 Å². The Morgan fingerprint density at radius 2 is 2.19 bits per heavy atom. The van der Waals surface area contributed by atoms with E-state index < -0.39 is 0 Å². The first kappa shape index (κ1) is 15.8. The van der Waals surface area contributed by atoms with Gasteiger partial charge in [0.2, 0.25) is 0 Å².